The van der Waals surface area contributed by atoms with E-state index in [1.165, 1.54) is 18.2 Å². The van der Waals surface area contributed by atoms with Crippen LogP contribution in [0.1, 0.15) is 36.0 Å². The lowest BCUT2D eigenvalue weighted by Crippen LogP contribution is -2.18. The Bertz CT molecular complexity index is 574. The first-order valence-electron chi connectivity index (χ1n) is 5.79. The van der Waals surface area contributed by atoms with Crippen molar-refractivity contribution in [1.82, 2.24) is 0 Å². The van der Waals surface area contributed by atoms with Gasteiger partial charge in [-0.05, 0) is 31.0 Å². The van der Waals surface area contributed by atoms with Crippen LogP contribution in [0.15, 0.2) is 23.1 Å². The third kappa shape index (κ3) is 2.20. The van der Waals surface area contributed by atoms with Gasteiger partial charge in [-0.1, -0.05) is 12.8 Å². The number of benzene rings is 1. The Hall–Kier alpha value is -1.56. The molecule has 0 aliphatic heterocycles. The maximum atomic E-state index is 12.3. The summed E-state index contributed by atoms with van der Waals surface area (Å²) in [5, 5.41) is 8.49. The number of nitrogens with two attached hydrogens (primary N) is 1. The number of aromatic carboxylic acids is 1. The Balaban J connectivity index is 2.40. The Labute approximate surface area is 106 Å². The Morgan fingerprint density at radius 1 is 1.28 bits per heavy atom. The van der Waals surface area contributed by atoms with Gasteiger partial charge in [0.25, 0.3) is 0 Å². The van der Waals surface area contributed by atoms with E-state index in [9.17, 15) is 13.2 Å². The number of carbonyl (C=O) groups is 1. The number of carboxylic acids is 1. The van der Waals surface area contributed by atoms with E-state index in [-0.39, 0.29) is 21.4 Å². The highest BCUT2D eigenvalue weighted by Crippen LogP contribution is 2.30. The fraction of sp³-hybridized carbons (Fsp3) is 0.417. The van der Waals surface area contributed by atoms with Crippen molar-refractivity contribution in [1.29, 1.82) is 0 Å². The van der Waals surface area contributed by atoms with Crippen molar-refractivity contribution in [2.45, 2.75) is 35.8 Å². The van der Waals surface area contributed by atoms with Gasteiger partial charge in [0.05, 0.1) is 15.7 Å². The number of nitrogen functional groups attached to an aromatic ring is 1. The molecule has 0 amide bonds. The molecule has 1 aromatic rings. The fourth-order valence-electron chi connectivity index (χ4n) is 2.30. The zero-order chi connectivity index (χ0) is 13.3. The van der Waals surface area contributed by atoms with E-state index < -0.39 is 15.8 Å². The molecule has 6 heteroatoms. The number of hydrogen-bond acceptors (Lipinski definition) is 4. The average molecular weight is 269 g/mol. The Morgan fingerprint density at radius 3 is 2.39 bits per heavy atom. The standard InChI is InChI=1S/C12H15NO4S/c13-11-7-9(5-6-10(11)12(14)15)18(16,17)8-3-1-2-4-8/h5-8H,1-4,13H2,(H,14,15). The van der Waals surface area contributed by atoms with Crippen LogP contribution in [-0.2, 0) is 9.84 Å². The molecular formula is C12H15NO4S. The molecule has 0 radical (unpaired) electrons. The summed E-state index contributed by atoms with van der Waals surface area (Å²) in [6, 6.07) is 3.82. The van der Waals surface area contributed by atoms with Crippen LogP contribution >= 0.6 is 0 Å². The van der Waals surface area contributed by atoms with Crippen LogP contribution in [0.5, 0.6) is 0 Å². The predicted molar refractivity (Wildman–Crippen MR) is 67.3 cm³/mol. The summed E-state index contributed by atoms with van der Waals surface area (Å²) in [5.74, 6) is -1.16. The molecule has 1 saturated carbocycles. The number of hydrogen-bond donors (Lipinski definition) is 2. The van der Waals surface area contributed by atoms with Crippen molar-refractivity contribution in [2.75, 3.05) is 5.73 Å². The summed E-state index contributed by atoms with van der Waals surface area (Å²) in [6.07, 6.45) is 3.19. The van der Waals surface area contributed by atoms with E-state index >= 15 is 0 Å². The zero-order valence-corrected chi connectivity index (χ0v) is 10.6. The highest BCUT2D eigenvalue weighted by Gasteiger charge is 2.30. The normalized spacial score (nSPS) is 16.9. The van der Waals surface area contributed by atoms with Gasteiger partial charge in [-0.2, -0.15) is 0 Å². The second-order valence-corrected chi connectivity index (χ2v) is 6.73. The van der Waals surface area contributed by atoms with E-state index in [2.05, 4.69) is 0 Å². The first-order chi connectivity index (χ1) is 8.43. The van der Waals surface area contributed by atoms with Crippen molar-refractivity contribution in [2.24, 2.45) is 0 Å². The number of anilines is 1. The van der Waals surface area contributed by atoms with Gasteiger partial charge in [-0.3, -0.25) is 0 Å². The molecule has 0 aromatic heterocycles. The van der Waals surface area contributed by atoms with Crippen molar-refractivity contribution in [3.8, 4) is 0 Å². The van der Waals surface area contributed by atoms with E-state index in [4.69, 9.17) is 10.8 Å². The molecule has 0 unspecified atom stereocenters. The second-order valence-electron chi connectivity index (χ2n) is 4.51. The molecule has 1 aromatic carbocycles. The molecule has 3 N–H and O–H groups in total. The van der Waals surface area contributed by atoms with Crippen LogP contribution in [-0.4, -0.2) is 24.7 Å². The molecular weight excluding hydrogens is 254 g/mol. The predicted octanol–water partition coefficient (Wildman–Crippen LogP) is 1.68. The highest BCUT2D eigenvalue weighted by molar-refractivity contribution is 7.92. The number of carboxylic acid groups (broad SMARTS) is 1. The topological polar surface area (TPSA) is 97.5 Å². The van der Waals surface area contributed by atoms with Crippen LogP contribution in [0.4, 0.5) is 5.69 Å². The lowest BCUT2D eigenvalue weighted by molar-refractivity contribution is 0.0698. The van der Waals surface area contributed by atoms with Crippen LogP contribution < -0.4 is 5.73 Å². The molecule has 0 bridgehead atoms. The number of rotatable bonds is 3. The largest absolute Gasteiger partial charge is 0.478 e. The molecule has 0 saturated heterocycles. The van der Waals surface area contributed by atoms with E-state index in [1.54, 1.807) is 0 Å². The molecule has 1 fully saturated rings. The van der Waals surface area contributed by atoms with Gasteiger partial charge in [-0.25, -0.2) is 13.2 Å². The van der Waals surface area contributed by atoms with Gasteiger partial charge < -0.3 is 10.8 Å². The minimum absolute atomic E-state index is 0.0124. The molecule has 0 heterocycles. The van der Waals surface area contributed by atoms with Crippen molar-refractivity contribution in [3.05, 3.63) is 23.8 Å². The summed E-state index contributed by atoms with van der Waals surface area (Å²) in [6.45, 7) is 0. The molecule has 2 rings (SSSR count). The van der Waals surface area contributed by atoms with Crippen LogP contribution in [0.3, 0.4) is 0 Å². The van der Waals surface area contributed by atoms with Crippen LogP contribution in [0, 0.1) is 0 Å². The van der Waals surface area contributed by atoms with Gasteiger partial charge in [0.1, 0.15) is 0 Å². The summed E-state index contributed by atoms with van der Waals surface area (Å²) in [4.78, 5) is 10.9. The van der Waals surface area contributed by atoms with E-state index in [1.807, 2.05) is 0 Å². The van der Waals surface area contributed by atoms with Crippen LogP contribution in [0.2, 0.25) is 0 Å². The Kier molecular flexibility index (Phi) is 3.30. The van der Waals surface area contributed by atoms with Crippen LogP contribution in [0.25, 0.3) is 0 Å². The quantitative estimate of drug-likeness (QED) is 0.814. The zero-order valence-electron chi connectivity index (χ0n) is 9.80. The fourth-order valence-corrected chi connectivity index (χ4v) is 4.19. The summed E-state index contributed by atoms with van der Waals surface area (Å²) in [5.41, 5.74) is 5.49. The minimum Gasteiger partial charge on any atom is -0.478 e. The first kappa shape index (κ1) is 12.9. The number of sulfone groups is 1. The van der Waals surface area contributed by atoms with E-state index in [0.717, 1.165) is 12.8 Å². The smallest absolute Gasteiger partial charge is 0.337 e. The molecule has 1 aliphatic rings. The lowest BCUT2D eigenvalue weighted by Gasteiger charge is -2.12. The Morgan fingerprint density at radius 2 is 1.89 bits per heavy atom. The van der Waals surface area contributed by atoms with Crippen molar-refractivity contribution >= 4 is 21.5 Å². The average Bonchev–Trinajstić information content (AvgIpc) is 2.82. The minimum atomic E-state index is -3.38. The maximum absolute atomic E-state index is 12.3. The van der Waals surface area contributed by atoms with Crippen molar-refractivity contribution < 1.29 is 18.3 Å². The van der Waals surface area contributed by atoms with Crippen molar-refractivity contribution in [3.63, 3.8) is 0 Å². The summed E-state index contributed by atoms with van der Waals surface area (Å²) in [7, 11) is -3.38. The molecule has 0 atom stereocenters. The monoisotopic (exact) mass is 269 g/mol. The molecule has 98 valence electrons. The highest BCUT2D eigenvalue weighted by atomic mass is 32.2. The first-order valence-corrected chi connectivity index (χ1v) is 7.34. The van der Waals surface area contributed by atoms with Gasteiger partial charge >= 0.3 is 5.97 Å². The summed E-state index contributed by atoms with van der Waals surface area (Å²) < 4.78 is 24.5. The molecule has 18 heavy (non-hydrogen) atoms. The van der Waals surface area contributed by atoms with Gasteiger partial charge in [0, 0.05) is 5.69 Å². The lowest BCUT2D eigenvalue weighted by atomic mass is 10.2. The second kappa shape index (κ2) is 4.61. The summed E-state index contributed by atoms with van der Waals surface area (Å²) >= 11 is 0. The molecule has 1 aliphatic carbocycles. The van der Waals surface area contributed by atoms with Gasteiger partial charge in [-0.15, -0.1) is 0 Å². The SMILES string of the molecule is Nc1cc(S(=O)(=O)C2CCCC2)ccc1C(=O)O. The van der Waals surface area contributed by atoms with Gasteiger partial charge in [0.2, 0.25) is 0 Å². The molecule has 5 nitrogen and oxygen atoms in total. The third-order valence-electron chi connectivity index (χ3n) is 3.32. The maximum Gasteiger partial charge on any atom is 0.337 e. The van der Waals surface area contributed by atoms with Gasteiger partial charge in [0.15, 0.2) is 9.84 Å². The molecule has 0 spiro atoms. The van der Waals surface area contributed by atoms with E-state index in [0.29, 0.717) is 12.8 Å². The third-order valence-corrected chi connectivity index (χ3v) is 5.58.